The topological polar surface area (TPSA) is 85.6 Å². The van der Waals surface area contributed by atoms with Crippen LogP contribution in [0.2, 0.25) is 0 Å². The normalized spacial score (nSPS) is 12.8. The average Bonchev–Trinajstić information content (AvgIpc) is 3.22. The Kier molecular flexibility index (Phi) is 4.31. The molecule has 0 fully saturated rings. The van der Waals surface area contributed by atoms with Crippen molar-refractivity contribution >= 4 is 39.2 Å². The van der Waals surface area contributed by atoms with Crippen LogP contribution >= 0.6 is 11.3 Å². The molecule has 0 bridgehead atoms. The van der Waals surface area contributed by atoms with Crippen LogP contribution in [0.15, 0.2) is 33.5 Å². The third-order valence-electron chi connectivity index (χ3n) is 4.64. The van der Waals surface area contributed by atoms with E-state index in [-0.39, 0.29) is 11.2 Å². The number of methoxy groups -OCH3 is 1. The second kappa shape index (κ2) is 6.66. The van der Waals surface area contributed by atoms with Gasteiger partial charge in [-0.2, -0.15) is 0 Å². The summed E-state index contributed by atoms with van der Waals surface area (Å²) >= 11 is 1.37. The number of carbonyl (C=O) groups excluding carboxylic acids is 2. The summed E-state index contributed by atoms with van der Waals surface area (Å²) in [6, 6.07) is 6.38. The van der Waals surface area contributed by atoms with Gasteiger partial charge in [0.1, 0.15) is 10.6 Å². The molecule has 4 rings (SSSR count). The van der Waals surface area contributed by atoms with Gasteiger partial charge in [-0.15, -0.1) is 11.3 Å². The highest BCUT2D eigenvalue weighted by atomic mass is 32.1. The predicted octanol–water partition coefficient (Wildman–Crippen LogP) is 3.69. The third kappa shape index (κ3) is 3.04. The summed E-state index contributed by atoms with van der Waals surface area (Å²) in [7, 11) is 1.32. The number of benzene rings is 1. The molecule has 3 aromatic rings. The first-order valence-electron chi connectivity index (χ1n) is 8.56. The lowest BCUT2D eigenvalue weighted by molar-refractivity contribution is 0.0601. The van der Waals surface area contributed by atoms with E-state index < -0.39 is 11.9 Å². The quantitative estimate of drug-likeness (QED) is 0.697. The lowest BCUT2D eigenvalue weighted by Crippen LogP contribution is -2.16. The fraction of sp³-hybridized carbons (Fsp3) is 0.250. The molecule has 0 radical (unpaired) electrons. The summed E-state index contributed by atoms with van der Waals surface area (Å²) in [5.74, 6) is -1.14. The van der Waals surface area contributed by atoms with Crippen LogP contribution in [0, 0.1) is 6.92 Å². The van der Waals surface area contributed by atoms with Crippen molar-refractivity contribution in [2.75, 3.05) is 12.4 Å². The molecule has 7 heteroatoms. The molecule has 0 saturated heterocycles. The number of hydrogen-bond donors (Lipinski definition) is 1. The number of nitrogens with one attached hydrogen (secondary N) is 1. The zero-order valence-electron chi connectivity index (χ0n) is 14.9. The van der Waals surface area contributed by atoms with Gasteiger partial charge in [-0.05, 0) is 43.9 Å². The summed E-state index contributed by atoms with van der Waals surface area (Å²) in [6.07, 6.45) is 2.65. The van der Waals surface area contributed by atoms with Crippen molar-refractivity contribution in [2.24, 2.45) is 0 Å². The van der Waals surface area contributed by atoms with Gasteiger partial charge in [0.25, 0.3) is 5.91 Å². The smallest absolute Gasteiger partial charge is 0.341 e. The number of thiophene rings is 1. The van der Waals surface area contributed by atoms with E-state index in [9.17, 15) is 14.4 Å². The molecule has 1 aliphatic carbocycles. The third-order valence-corrected chi connectivity index (χ3v) is 5.85. The molecule has 0 spiro atoms. The molecule has 138 valence electrons. The van der Waals surface area contributed by atoms with Gasteiger partial charge in [0.15, 0.2) is 11.2 Å². The fourth-order valence-electron chi connectivity index (χ4n) is 3.36. The zero-order chi connectivity index (χ0) is 19.1. The van der Waals surface area contributed by atoms with E-state index in [1.165, 1.54) is 24.5 Å². The first-order chi connectivity index (χ1) is 13.0. The first kappa shape index (κ1) is 17.5. The molecule has 0 unspecified atom stereocenters. The number of esters is 1. The second-order valence-electron chi connectivity index (χ2n) is 6.48. The predicted molar refractivity (Wildman–Crippen MR) is 103 cm³/mol. The molecule has 0 aliphatic heterocycles. The molecule has 1 amide bonds. The minimum atomic E-state index is -0.570. The minimum absolute atomic E-state index is 0.0965. The van der Waals surface area contributed by atoms with Crippen molar-refractivity contribution in [2.45, 2.75) is 26.2 Å². The highest BCUT2D eigenvalue weighted by Gasteiger charge is 2.28. The summed E-state index contributed by atoms with van der Waals surface area (Å²) in [5.41, 5.74) is 2.34. The minimum Gasteiger partial charge on any atom is -0.465 e. The zero-order valence-corrected chi connectivity index (χ0v) is 15.7. The lowest BCUT2D eigenvalue weighted by atomic mass is 10.1. The Balaban J connectivity index is 1.71. The second-order valence-corrected chi connectivity index (χ2v) is 7.59. The van der Waals surface area contributed by atoms with E-state index in [2.05, 4.69) is 5.32 Å². The van der Waals surface area contributed by atoms with Gasteiger partial charge in [0.2, 0.25) is 0 Å². The average molecular weight is 383 g/mol. The van der Waals surface area contributed by atoms with Crippen molar-refractivity contribution < 1.29 is 18.7 Å². The van der Waals surface area contributed by atoms with Gasteiger partial charge < -0.3 is 14.5 Å². The lowest BCUT2D eigenvalue weighted by Gasteiger charge is -2.07. The SMILES string of the molecule is COC(=O)c1c(NC(=O)c2cc(=O)c3cc(C)ccc3o2)sc2c1CCC2. The van der Waals surface area contributed by atoms with E-state index in [0.717, 1.165) is 35.3 Å². The molecule has 27 heavy (non-hydrogen) atoms. The number of hydrogen-bond acceptors (Lipinski definition) is 6. The maximum absolute atomic E-state index is 12.7. The molecule has 2 aromatic heterocycles. The van der Waals surface area contributed by atoms with E-state index in [0.29, 0.717) is 21.5 Å². The van der Waals surface area contributed by atoms with E-state index in [1.807, 2.05) is 13.0 Å². The van der Waals surface area contributed by atoms with Crippen LogP contribution in [0.4, 0.5) is 5.00 Å². The summed E-state index contributed by atoms with van der Waals surface area (Å²) in [6.45, 7) is 1.88. The molecule has 1 N–H and O–H groups in total. The molecule has 1 aromatic carbocycles. The van der Waals surface area contributed by atoms with Crippen LogP contribution in [-0.2, 0) is 17.6 Å². The van der Waals surface area contributed by atoms with Gasteiger partial charge in [0.05, 0.1) is 18.1 Å². The van der Waals surface area contributed by atoms with Gasteiger partial charge >= 0.3 is 5.97 Å². The summed E-state index contributed by atoms with van der Waals surface area (Å²) in [5, 5.41) is 3.58. The number of anilines is 1. The van der Waals surface area contributed by atoms with Crippen LogP contribution in [0.5, 0.6) is 0 Å². The van der Waals surface area contributed by atoms with Crippen molar-refractivity contribution in [3.8, 4) is 0 Å². The first-order valence-corrected chi connectivity index (χ1v) is 9.38. The van der Waals surface area contributed by atoms with Crippen LogP contribution in [0.1, 0.15) is 43.3 Å². The van der Waals surface area contributed by atoms with Gasteiger partial charge in [-0.1, -0.05) is 11.6 Å². The van der Waals surface area contributed by atoms with Crippen molar-refractivity contribution in [3.63, 3.8) is 0 Å². The Labute approximate surface area is 158 Å². The number of fused-ring (bicyclic) bond motifs is 2. The maximum atomic E-state index is 12.7. The molecule has 0 saturated carbocycles. The highest BCUT2D eigenvalue weighted by Crippen LogP contribution is 2.39. The Morgan fingerprint density at radius 3 is 2.81 bits per heavy atom. The fourth-order valence-corrected chi connectivity index (χ4v) is 4.63. The number of ether oxygens (including phenoxy) is 1. The monoisotopic (exact) mass is 383 g/mol. The Morgan fingerprint density at radius 2 is 2.04 bits per heavy atom. The molecule has 1 aliphatic rings. The van der Waals surface area contributed by atoms with Crippen LogP contribution in [0.3, 0.4) is 0 Å². The Bertz CT molecular complexity index is 1140. The van der Waals surface area contributed by atoms with Crippen LogP contribution in [-0.4, -0.2) is 19.0 Å². The number of carbonyl (C=O) groups is 2. The van der Waals surface area contributed by atoms with Crippen LogP contribution in [0.25, 0.3) is 11.0 Å². The Morgan fingerprint density at radius 1 is 1.22 bits per heavy atom. The number of rotatable bonds is 3. The van der Waals surface area contributed by atoms with E-state index >= 15 is 0 Å². The van der Waals surface area contributed by atoms with Crippen molar-refractivity contribution in [1.82, 2.24) is 0 Å². The van der Waals surface area contributed by atoms with E-state index in [4.69, 9.17) is 9.15 Å². The number of aryl methyl sites for hydroxylation is 2. The van der Waals surface area contributed by atoms with Gasteiger partial charge in [0, 0.05) is 10.9 Å². The van der Waals surface area contributed by atoms with Gasteiger partial charge in [-0.3, -0.25) is 9.59 Å². The van der Waals surface area contributed by atoms with Crippen molar-refractivity contribution in [1.29, 1.82) is 0 Å². The van der Waals surface area contributed by atoms with Crippen molar-refractivity contribution in [3.05, 3.63) is 61.8 Å². The largest absolute Gasteiger partial charge is 0.465 e. The highest BCUT2D eigenvalue weighted by molar-refractivity contribution is 7.17. The molecule has 0 atom stereocenters. The molecule has 6 nitrogen and oxygen atoms in total. The molecular weight excluding hydrogens is 366 g/mol. The number of amides is 1. The van der Waals surface area contributed by atoms with E-state index in [1.54, 1.807) is 12.1 Å². The Hall–Kier alpha value is -2.93. The molecule has 2 heterocycles. The standard InChI is InChI=1S/C20H17NO5S/c1-10-6-7-14-12(8-10)13(22)9-15(26-14)18(23)21-19-17(20(24)25-2)11-4-3-5-16(11)27-19/h6-9H,3-5H2,1-2H3,(H,21,23). The van der Waals surface area contributed by atoms with Crippen LogP contribution < -0.4 is 10.7 Å². The summed E-state index contributed by atoms with van der Waals surface area (Å²) in [4.78, 5) is 38.3. The van der Waals surface area contributed by atoms with Gasteiger partial charge in [-0.25, -0.2) is 4.79 Å². The molecular formula is C20H17NO5S. The summed E-state index contributed by atoms with van der Waals surface area (Å²) < 4.78 is 10.5. The maximum Gasteiger partial charge on any atom is 0.341 e.